The quantitative estimate of drug-likeness (QED) is 0.349. The SMILES string of the molecule is [CH2-]CC[N+](=O)[O-].[Y]. The minimum Gasteiger partial charge on any atom is -0.337 e. The van der Waals surface area contributed by atoms with E-state index in [1.54, 1.807) is 0 Å². The maximum atomic E-state index is 9.36. The van der Waals surface area contributed by atoms with Crippen molar-refractivity contribution in [3.05, 3.63) is 17.0 Å². The van der Waals surface area contributed by atoms with Crippen molar-refractivity contribution >= 4 is 0 Å². The molecular weight excluding hydrogens is 171 g/mol. The van der Waals surface area contributed by atoms with E-state index in [1.165, 1.54) is 0 Å². The Labute approximate surface area is 67.5 Å². The van der Waals surface area contributed by atoms with Crippen LogP contribution in [0.2, 0.25) is 0 Å². The molecule has 7 heavy (non-hydrogen) atoms. The van der Waals surface area contributed by atoms with Crippen molar-refractivity contribution in [1.82, 2.24) is 0 Å². The van der Waals surface area contributed by atoms with E-state index in [4.69, 9.17) is 0 Å². The molecule has 0 saturated carbocycles. The number of nitro groups is 1. The minimum absolute atomic E-state index is 0. The smallest absolute Gasteiger partial charge is 0.177 e. The van der Waals surface area contributed by atoms with E-state index in [1.807, 2.05) is 0 Å². The third kappa shape index (κ3) is 10.7. The Morgan fingerprint density at radius 1 is 1.71 bits per heavy atom. The summed E-state index contributed by atoms with van der Waals surface area (Å²) in [6.07, 6.45) is 0.382. The van der Waals surface area contributed by atoms with Crippen molar-refractivity contribution in [3.8, 4) is 0 Å². The van der Waals surface area contributed by atoms with Crippen molar-refractivity contribution in [2.45, 2.75) is 6.42 Å². The Balaban J connectivity index is 0. The van der Waals surface area contributed by atoms with Gasteiger partial charge in [0.1, 0.15) is 0 Å². The molecule has 0 amide bonds. The Bertz CT molecular complexity index is 56.9. The van der Waals surface area contributed by atoms with Crippen LogP contribution in [0.25, 0.3) is 0 Å². The number of rotatable bonds is 2. The second kappa shape index (κ2) is 6.50. The van der Waals surface area contributed by atoms with Gasteiger partial charge in [0.15, 0.2) is 6.54 Å². The minimum atomic E-state index is -0.382. The van der Waals surface area contributed by atoms with Crippen molar-refractivity contribution in [2.24, 2.45) is 0 Å². The summed E-state index contributed by atoms with van der Waals surface area (Å²) in [6, 6.07) is 0. The molecule has 0 aliphatic carbocycles. The van der Waals surface area contributed by atoms with Crippen LogP contribution in [0, 0.1) is 17.0 Å². The number of hydrogen-bond donors (Lipinski definition) is 0. The average molecular weight is 177 g/mol. The van der Waals surface area contributed by atoms with Gasteiger partial charge in [-0.05, 0) is 0 Å². The summed E-state index contributed by atoms with van der Waals surface area (Å²) in [6.45, 7) is 3.27. The molecule has 0 aromatic carbocycles. The average Bonchev–Trinajstić information content (AvgIpc) is 1.35. The first-order valence-electron chi connectivity index (χ1n) is 1.68. The number of hydrogen-bond acceptors (Lipinski definition) is 2. The van der Waals surface area contributed by atoms with Crippen molar-refractivity contribution in [1.29, 1.82) is 0 Å². The van der Waals surface area contributed by atoms with Crippen LogP contribution in [-0.2, 0) is 32.7 Å². The number of nitrogens with zero attached hydrogens (tertiary/aromatic N) is 1. The second-order valence-electron chi connectivity index (χ2n) is 0.910. The van der Waals surface area contributed by atoms with Gasteiger partial charge in [-0.3, -0.25) is 10.1 Å². The third-order valence-electron chi connectivity index (χ3n) is 0.341. The molecule has 0 aliphatic rings. The van der Waals surface area contributed by atoms with Crippen LogP contribution in [0.4, 0.5) is 0 Å². The second-order valence-corrected chi connectivity index (χ2v) is 0.910. The van der Waals surface area contributed by atoms with Gasteiger partial charge in [0.05, 0.1) is 0 Å². The molecule has 0 bridgehead atoms. The Morgan fingerprint density at radius 2 is 2.14 bits per heavy atom. The largest absolute Gasteiger partial charge is 0.337 e. The van der Waals surface area contributed by atoms with E-state index in [9.17, 15) is 10.1 Å². The van der Waals surface area contributed by atoms with Crippen LogP contribution in [0.5, 0.6) is 0 Å². The monoisotopic (exact) mass is 177 g/mol. The van der Waals surface area contributed by atoms with Crippen LogP contribution >= 0.6 is 0 Å². The Hall–Kier alpha value is 0.504. The molecule has 0 atom stereocenters. The maximum Gasteiger partial charge on any atom is 0.177 e. The molecule has 4 heteroatoms. The van der Waals surface area contributed by atoms with Gasteiger partial charge in [-0.15, -0.1) is 6.42 Å². The first-order chi connectivity index (χ1) is 2.77. The topological polar surface area (TPSA) is 43.1 Å². The van der Waals surface area contributed by atoms with Gasteiger partial charge in [0, 0.05) is 37.6 Å². The maximum absolute atomic E-state index is 9.36. The summed E-state index contributed by atoms with van der Waals surface area (Å²) in [5.74, 6) is 0. The van der Waals surface area contributed by atoms with Crippen molar-refractivity contribution in [2.75, 3.05) is 6.54 Å². The summed E-state index contributed by atoms with van der Waals surface area (Å²) in [7, 11) is 0. The van der Waals surface area contributed by atoms with Gasteiger partial charge in [-0.25, -0.2) is 0 Å². The first-order valence-corrected chi connectivity index (χ1v) is 1.68. The van der Waals surface area contributed by atoms with Crippen LogP contribution in [0.15, 0.2) is 0 Å². The van der Waals surface area contributed by atoms with E-state index in [0.717, 1.165) is 0 Å². The Kier molecular flexibility index (Phi) is 9.74. The molecule has 0 saturated heterocycles. The zero-order valence-electron chi connectivity index (χ0n) is 3.96. The van der Waals surface area contributed by atoms with E-state index >= 15 is 0 Å². The first kappa shape index (κ1) is 10.5. The molecule has 0 aliphatic heterocycles. The Morgan fingerprint density at radius 3 is 2.14 bits per heavy atom. The molecule has 0 aromatic rings. The fraction of sp³-hybridized carbons (Fsp3) is 0.667. The molecule has 0 spiro atoms. The molecule has 0 unspecified atom stereocenters. The molecular formula is C3H6NO2Y-. The van der Waals surface area contributed by atoms with Crippen LogP contribution in [-0.4, -0.2) is 11.5 Å². The van der Waals surface area contributed by atoms with Crippen molar-refractivity contribution in [3.63, 3.8) is 0 Å². The van der Waals surface area contributed by atoms with E-state index < -0.39 is 0 Å². The molecule has 0 heterocycles. The fourth-order valence-electron chi connectivity index (χ4n) is 0.129. The van der Waals surface area contributed by atoms with Gasteiger partial charge in [-0.2, -0.15) is 0 Å². The summed E-state index contributed by atoms with van der Waals surface area (Å²) >= 11 is 0. The third-order valence-corrected chi connectivity index (χ3v) is 0.341. The molecule has 0 aromatic heterocycles. The van der Waals surface area contributed by atoms with Crippen LogP contribution in [0.3, 0.4) is 0 Å². The molecule has 3 nitrogen and oxygen atoms in total. The molecule has 0 N–H and O–H groups in total. The van der Waals surface area contributed by atoms with Gasteiger partial charge in [0.2, 0.25) is 0 Å². The van der Waals surface area contributed by atoms with Gasteiger partial charge in [0.25, 0.3) is 0 Å². The molecule has 1 radical (unpaired) electrons. The standard InChI is InChI=1S/C3H6NO2.Y/c1-2-3-4(5)6;/h1-3H2;/q-1;. The molecule has 0 rings (SSSR count). The van der Waals surface area contributed by atoms with Gasteiger partial charge >= 0.3 is 0 Å². The summed E-state index contributed by atoms with van der Waals surface area (Å²) in [5, 5.41) is 9.36. The normalized spacial score (nSPS) is 7.00. The fourth-order valence-corrected chi connectivity index (χ4v) is 0.129. The zero-order chi connectivity index (χ0) is 4.99. The predicted octanol–water partition coefficient (Wildman–Crippen LogP) is 0.485. The zero-order valence-corrected chi connectivity index (χ0v) is 6.80. The predicted molar refractivity (Wildman–Crippen MR) is 21.8 cm³/mol. The summed E-state index contributed by atoms with van der Waals surface area (Å²) in [5.41, 5.74) is 0. The molecule has 0 fully saturated rings. The molecule has 39 valence electrons. The van der Waals surface area contributed by atoms with Crippen LogP contribution in [0.1, 0.15) is 6.42 Å². The van der Waals surface area contributed by atoms with E-state index in [0.29, 0.717) is 6.42 Å². The summed E-state index contributed by atoms with van der Waals surface area (Å²) < 4.78 is 0. The van der Waals surface area contributed by atoms with E-state index in [2.05, 4.69) is 6.92 Å². The van der Waals surface area contributed by atoms with Crippen LogP contribution < -0.4 is 0 Å². The van der Waals surface area contributed by atoms with E-state index in [-0.39, 0.29) is 44.2 Å². The summed E-state index contributed by atoms with van der Waals surface area (Å²) in [4.78, 5) is 8.98. The van der Waals surface area contributed by atoms with Crippen molar-refractivity contribution < 1.29 is 37.6 Å². The van der Waals surface area contributed by atoms with Gasteiger partial charge in [-0.1, -0.05) is 0 Å². The van der Waals surface area contributed by atoms with Gasteiger partial charge < -0.3 is 6.92 Å².